The molecule has 4 rings (SSSR count). The van der Waals surface area contributed by atoms with Crippen molar-refractivity contribution >= 4 is 26.8 Å². The predicted octanol–water partition coefficient (Wildman–Crippen LogP) is 4.96. The number of imidazole rings is 1. The summed E-state index contributed by atoms with van der Waals surface area (Å²) in [6.07, 6.45) is 10.1. The maximum atomic E-state index is 4.76. The summed E-state index contributed by atoms with van der Waals surface area (Å²) in [4.78, 5) is 8.93. The van der Waals surface area contributed by atoms with Gasteiger partial charge in [0, 0.05) is 40.7 Å². The van der Waals surface area contributed by atoms with Crippen LogP contribution < -0.4 is 0 Å². The van der Waals surface area contributed by atoms with Crippen LogP contribution in [0, 0.1) is 0 Å². The fourth-order valence-corrected chi connectivity index (χ4v) is 3.28. The summed E-state index contributed by atoms with van der Waals surface area (Å²) in [5.41, 5.74) is 3.22. The molecule has 0 aliphatic heterocycles. The maximum Gasteiger partial charge on any atom is 0.156 e. The van der Waals surface area contributed by atoms with Crippen molar-refractivity contribution in [2.24, 2.45) is 0 Å². The molecule has 0 saturated carbocycles. The largest absolute Gasteiger partial charge is 0.306 e. The van der Waals surface area contributed by atoms with E-state index in [4.69, 9.17) is 4.98 Å². The molecule has 1 aromatic carbocycles. The second kappa shape index (κ2) is 7.61. The number of nitrogens with zero attached hydrogens (tertiary/aromatic N) is 5. The third-order valence-electron chi connectivity index (χ3n) is 3.84. The molecule has 0 atom stereocenters. The topological polar surface area (TPSA) is 48.5 Å². The third-order valence-corrected chi connectivity index (χ3v) is 4.58. The van der Waals surface area contributed by atoms with Crippen molar-refractivity contribution in [2.75, 3.05) is 0 Å². The average Bonchev–Trinajstić information content (AvgIpc) is 3.35. The number of fused-ring (bicyclic) bond motifs is 1. The molecule has 128 valence electrons. The maximum absolute atomic E-state index is 4.76. The molecule has 3 aromatic heterocycles. The van der Waals surface area contributed by atoms with Crippen molar-refractivity contribution in [3.63, 3.8) is 0 Å². The van der Waals surface area contributed by atoms with Crippen LogP contribution in [0.1, 0.15) is 26.3 Å². The fraction of sp³-hybridized carbons (Fsp3) is 0.211. The van der Waals surface area contributed by atoms with Crippen LogP contribution in [0.2, 0.25) is 0 Å². The van der Waals surface area contributed by atoms with Crippen LogP contribution in [0.5, 0.6) is 0 Å². The van der Waals surface area contributed by atoms with Crippen molar-refractivity contribution in [1.29, 1.82) is 0 Å². The lowest BCUT2D eigenvalue weighted by Crippen LogP contribution is -2.02. The molecule has 0 N–H and O–H groups in total. The van der Waals surface area contributed by atoms with Gasteiger partial charge in [0.2, 0.25) is 0 Å². The summed E-state index contributed by atoms with van der Waals surface area (Å²) in [6.45, 7) is 6.15. The van der Waals surface area contributed by atoms with Crippen LogP contribution in [0.4, 0.5) is 0 Å². The summed E-state index contributed by atoms with van der Waals surface area (Å²) in [7, 11) is 0. The average molecular weight is 398 g/mol. The van der Waals surface area contributed by atoms with E-state index in [1.54, 1.807) is 23.4 Å². The summed E-state index contributed by atoms with van der Waals surface area (Å²) in [6, 6.07) is 8.18. The lowest BCUT2D eigenvalue weighted by atomic mass is 10.1. The van der Waals surface area contributed by atoms with Gasteiger partial charge in [-0.25, -0.2) is 14.6 Å². The van der Waals surface area contributed by atoms with Gasteiger partial charge in [0.15, 0.2) is 5.82 Å². The Labute approximate surface area is 155 Å². The van der Waals surface area contributed by atoms with E-state index in [0.717, 1.165) is 33.3 Å². The van der Waals surface area contributed by atoms with Crippen LogP contribution in [0.25, 0.3) is 22.4 Å². The second-order valence-electron chi connectivity index (χ2n) is 5.23. The van der Waals surface area contributed by atoms with Gasteiger partial charge in [-0.15, -0.1) is 0 Å². The van der Waals surface area contributed by atoms with E-state index in [1.165, 1.54) is 5.56 Å². The minimum atomic E-state index is 0.780. The molecule has 0 bridgehead atoms. The molecule has 0 saturated heterocycles. The second-order valence-corrected chi connectivity index (χ2v) is 6.09. The fourth-order valence-electron chi connectivity index (χ4n) is 2.67. The number of rotatable bonds is 3. The van der Waals surface area contributed by atoms with Crippen LogP contribution in [-0.4, -0.2) is 24.3 Å². The first-order valence-electron chi connectivity index (χ1n) is 8.38. The van der Waals surface area contributed by atoms with E-state index < -0.39 is 0 Å². The minimum absolute atomic E-state index is 0.780. The van der Waals surface area contributed by atoms with Gasteiger partial charge < -0.3 is 4.57 Å². The molecule has 0 unspecified atom stereocenters. The number of hydrogen-bond acceptors (Lipinski definition) is 3. The molecule has 0 aliphatic rings. The highest BCUT2D eigenvalue weighted by Gasteiger charge is 2.11. The highest BCUT2D eigenvalue weighted by molar-refractivity contribution is 9.10. The van der Waals surface area contributed by atoms with E-state index in [2.05, 4.69) is 45.1 Å². The molecule has 4 aromatic rings. The Balaban J connectivity index is 0.000000880. The summed E-state index contributed by atoms with van der Waals surface area (Å²) in [5.74, 6) is 0.780. The SMILES string of the molecule is CC.CCc1cc2c(-n3ccnc3)cc(-n3cccn3)nc2cc1Br. The summed E-state index contributed by atoms with van der Waals surface area (Å²) < 4.78 is 4.85. The van der Waals surface area contributed by atoms with Gasteiger partial charge >= 0.3 is 0 Å². The Morgan fingerprint density at radius 1 is 1.08 bits per heavy atom. The zero-order valence-corrected chi connectivity index (χ0v) is 16.1. The Morgan fingerprint density at radius 2 is 1.92 bits per heavy atom. The number of aromatic nitrogens is 5. The van der Waals surface area contributed by atoms with Crippen LogP contribution >= 0.6 is 15.9 Å². The molecule has 0 amide bonds. The molecule has 0 aliphatic carbocycles. The zero-order chi connectivity index (χ0) is 17.8. The number of hydrogen-bond donors (Lipinski definition) is 0. The molecule has 5 nitrogen and oxygen atoms in total. The van der Waals surface area contributed by atoms with Crippen molar-refractivity contribution < 1.29 is 0 Å². The number of pyridine rings is 1. The minimum Gasteiger partial charge on any atom is -0.306 e. The summed E-state index contributed by atoms with van der Waals surface area (Å²) in [5, 5.41) is 5.39. The quantitative estimate of drug-likeness (QED) is 0.490. The van der Waals surface area contributed by atoms with Crippen molar-refractivity contribution in [3.8, 4) is 11.5 Å². The van der Waals surface area contributed by atoms with E-state index in [1.807, 2.05) is 42.9 Å². The lowest BCUT2D eigenvalue weighted by molar-refractivity contribution is 0.849. The molecule has 0 fully saturated rings. The number of halogens is 1. The molecule has 0 spiro atoms. The predicted molar refractivity (Wildman–Crippen MR) is 104 cm³/mol. The van der Waals surface area contributed by atoms with E-state index in [0.29, 0.717) is 0 Å². The first-order chi connectivity index (χ1) is 12.3. The third kappa shape index (κ3) is 3.35. The normalized spacial score (nSPS) is 10.6. The first-order valence-corrected chi connectivity index (χ1v) is 9.17. The molecular formula is C19H20BrN5. The number of benzene rings is 1. The monoisotopic (exact) mass is 397 g/mol. The molecule has 25 heavy (non-hydrogen) atoms. The lowest BCUT2D eigenvalue weighted by Gasteiger charge is -2.12. The van der Waals surface area contributed by atoms with Crippen LogP contribution in [-0.2, 0) is 6.42 Å². The van der Waals surface area contributed by atoms with Crippen molar-refractivity contribution in [2.45, 2.75) is 27.2 Å². The Kier molecular flexibility index (Phi) is 5.28. The van der Waals surface area contributed by atoms with Gasteiger partial charge in [-0.3, -0.25) is 0 Å². The van der Waals surface area contributed by atoms with Gasteiger partial charge in [-0.2, -0.15) is 5.10 Å². The Hall–Kier alpha value is -2.47. The molecule has 3 heterocycles. The standard InChI is InChI=1S/C17H14BrN5.C2H6/c1-2-12-8-13-15(9-14(12)18)21-17(23-6-3-4-20-23)10-16(13)22-7-5-19-11-22;1-2/h3-11H,2H2,1H3;1-2H3. The van der Waals surface area contributed by atoms with E-state index in [9.17, 15) is 0 Å². The van der Waals surface area contributed by atoms with Gasteiger partial charge in [-0.1, -0.05) is 36.7 Å². The first kappa shape index (κ1) is 17.4. The van der Waals surface area contributed by atoms with E-state index in [-0.39, 0.29) is 0 Å². The van der Waals surface area contributed by atoms with Crippen molar-refractivity contribution in [3.05, 3.63) is 65.4 Å². The van der Waals surface area contributed by atoms with Gasteiger partial charge in [0.1, 0.15) is 0 Å². The molecule has 0 radical (unpaired) electrons. The molecular weight excluding hydrogens is 378 g/mol. The Morgan fingerprint density at radius 3 is 2.56 bits per heavy atom. The Bertz CT molecular complexity index is 959. The van der Waals surface area contributed by atoms with Crippen LogP contribution in [0.3, 0.4) is 0 Å². The van der Waals surface area contributed by atoms with Gasteiger partial charge in [0.05, 0.1) is 17.5 Å². The van der Waals surface area contributed by atoms with Gasteiger partial charge in [-0.05, 0) is 30.2 Å². The zero-order valence-electron chi connectivity index (χ0n) is 14.5. The molecule has 6 heteroatoms. The smallest absolute Gasteiger partial charge is 0.156 e. The van der Waals surface area contributed by atoms with Crippen LogP contribution in [0.15, 0.2) is 59.9 Å². The van der Waals surface area contributed by atoms with Crippen molar-refractivity contribution in [1.82, 2.24) is 24.3 Å². The van der Waals surface area contributed by atoms with Gasteiger partial charge in [0.25, 0.3) is 0 Å². The number of aryl methyl sites for hydroxylation is 1. The highest BCUT2D eigenvalue weighted by Crippen LogP contribution is 2.29. The highest BCUT2D eigenvalue weighted by atomic mass is 79.9. The summed E-state index contributed by atoms with van der Waals surface area (Å²) >= 11 is 3.64. The van der Waals surface area contributed by atoms with E-state index >= 15 is 0 Å².